The molecule has 71 heavy (non-hydrogen) atoms. The standard InChI is InChI=1S/C57H95NO13/c1-3-5-7-9-11-13-15-17-19-21-22-23-24-25-27-29-31-33-35-37-39-41-49(62)58-45(46(61)40-38-36-34-32-30-28-26-20-18-16-14-12-10-8-6-4-2)44-68-56-54(67)52(65)55(48(43-60)70-56)71-57-53(66)51(64)50(63)47(42-59)69-57/h5,7,11,13,17-20,22-23,25,27,30,32,38,40,45-48,50-57,59-61,63-67H,3-4,6,8-10,12,14-16,21,24,26,28-29,31,33-37,39,41-44H2,1-2H3,(H,58,62)/b7-5-,13-11-,19-17-,20-18+,23-22-,27-25-,32-30+,40-38+. The van der Waals surface area contributed by atoms with Crippen LogP contribution in [0.1, 0.15) is 162 Å². The van der Waals surface area contributed by atoms with Crippen LogP contribution in [-0.4, -0.2) is 140 Å². The summed E-state index contributed by atoms with van der Waals surface area (Å²) in [6.07, 6.45) is 40.1. The van der Waals surface area contributed by atoms with Crippen LogP contribution in [0.5, 0.6) is 0 Å². The molecule has 2 saturated heterocycles. The number of carbonyl (C=O) groups excluding carboxylic acids is 1. The molecule has 2 rings (SSSR count). The van der Waals surface area contributed by atoms with Crippen molar-refractivity contribution >= 4 is 5.91 Å². The minimum Gasteiger partial charge on any atom is -0.394 e. The number of nitrogens with one attached hydrogen (secondary N) is 1. The molecule has 2 aliphatic rings. The summed E-state index contributed by atoms with van der Waals surface area (Å²) in [5.74, 6) is -0.278. The Morgan fingerprint density at radius 1 is 0.521 bits per heavy atom. The molecule has 2 aliphatic heterocycles. The van der Waals surface area contributed by atoms with Crippen LogP contribution in [0.4, 0.5) is 0 Å². The highest BCUT2D eigenvalue weighted by Gasteiger charge is 2.51. The van der Waals surface area contributed by atoms with Crippen LogP contribution in [0.25, 0.3) is 0 Å². The number of aliphatic hydroxyl groups excluding tert-OH is 8. The summed E-state index contributed by atoms with van der Waals surface area (Å²) in [5.41, 5.74) is 0. The molecule has 0 aromatic carbocycles. The molecule has 0 aliphatic carbocycles. The van der Waals surface area contributed by atoms with Crippen LogP contribution < -0.4 is 5.32 Å². The second-order valence-corrected chi connectivity index (χ2v) is 18.6. The van der Waals surface area contributed by atoms with Crippen molar-refractivity contribution in [2.24, 2.45) is 0 Å². The molecular weight excluding hydrogens is 907 g/mol. The first-order chi connectivity index (χ1) is 34.6. The molecule has 14 heteroatoms. The Morgan fingerprint density at radius 2 is 0.986 bits per heavy atom. The van der Waals surface area contributed by atoms with Crippen molar-refractivity contribution in [1.29, 1.82) is 0 Å². The van der Waals surface area contributed by atoms with E-state index in [2.05, 4.69) is 104 Å². The molecule has 1 amide bonds. The van der Waals surface area contributed by atoms with Gasteiger partial charge in [-0.3, -0.25) is 4.79 Å². The average molecular weight is 1000 g/mol. The van der Waals surface area contributed by atoms with Gasteiger partial charge < -0.3 is 65.1 Å². The quantitative estimate of drug-likeness (QED) is 0.0210. The zero-order valence-corrected chi connectivity index (χ0v) is 43.2. The maximum atomic E-state index is 13.2. The lowest BCUT2D eigenvalue weighted by Gasteiger charge is -2.46. The number of hydrogen-bond acceptors (Lipinski definition) is 13. The average Bonchev–Trinajstić information content (AvgIpc) is 3.37. The van der Waals surface area contributed by atoms with Gasteiger partial charge in [0, 0.05) is 6.42 Å². The molecule has 12 atom stereocenters. The Balaban J connectivity index is 1.85. The monoisotopic (exact) mass is 1000 g/mol. The lowest BCUT2D eigenvalue weighted by Crippen LogP contribution is -2.65. The molecule has 0 aromatic rings. The molecule has 2 fully saturated rings. The van der Waals surface area contributed by atoms with E-state index in [0.717, 1.165) is 89.9 Å². The van der Waals surface area contributed by atoms with Crippen LogP contribution in [0.15, 0.2) is 97.2 Å². The summed E-state index contributed by atoms with van der Waals surface area (Å²) in [4.78, 5) is 13.2. The topological polar surface area (TPSA) is 228 Å². The van der Waals surface area contributed by atoms with Gasteiger partial charge in [0.25, 0.3) is 0 Å². The molecule has 0 spiro atoms. The van der Waals surface area contributed by atoms with E-state index < -0.39 is 86.8 Å². The maximum absolute atomic E-state index is 13.2. The van der Waals surface area contributed by atoms with Gasteiger partial charge in [0.1, 0.15) is 48.8 Å². The van der Waals surface area contributed by atoms with Crippen molar-refractivity contribution in [3.8, 4) is 0 Å². The second kappa shape index (κ2) is 42.3. The van der Waals surface area contributed by atoms with E-state index in [4.69, 9.17) is 18.9 Å². The van der Waals surface area contributed by atoms with E-state index >= 15 is 0 Å². The first-order valence-electron chi connectivity index (χ1n) is 27.0. The predicted octanol–water partition coefficient (Wildman–Crippen LogP) is 7.93. The molecule has 406 valence electrons. The highest BCUT2D eigenvalue weighted by molar-refractivity contribution is 5.76. The van der Waals surface area contributed by atoms with Crippen molar-refractivity contribution in [3.05, 3.63) is 97.2 Å². The largest absolute Gasteiger partial charge is 0.394 e. The van der Waals surface area contributed by atoms with Crippen LogP contribution in [0, 0.1) is 0 Å². The molecule has 2 heterocycles. The summed E-state index contributed by atoms with van der Waals surface area (Å²) >= 11 is 0. The Morgan fingerprint density at radius 3 is 1.55 bits per heavy atom. The zero-order chi connectivity index (χ0) is 51.7. The van der Waals surface area contributed by atoms with E-state index in [9.17, 15) is 45.6 Å². The minimum atomic E-state index is -1.80. The van der Waals surface area contributed by atoms with E-state index in [1.807, 2.05) is 6.08 Å². The van der Waals surface area contributed by atoms with E-state index in [1.165, 1.54) is 38.5 Å². The van der Waals surface area contributed by atoms with Crippen molar-refractivity contribution in [1.82, 2.24) is 5.32 Å². The first kappa shape index (κ1) is 64.0. The third-order valence-electron chi connectivity index (χ3n) is 12.5. The summed E-state index contributed by atoms with van der Waals surface area (Å²) in [5, 5.41) is 86.8. The number of ether oxygens (including phenoxy) is 4. The maximum Gasteiger partial charge on any atom is 0.220 e. The normalized spacial score (nSPS) is 26.6. The highest BCUT2D eigenvalue weighted by atomic mass is 16.7. The van der Waals surface area contributed by atoms with Crippen molar-refractivity contribution < 1.29 is 64.6 Å². The van der Waals surface area contributed by atoms with Crippen LogP contribution >= 0.6 is 0 Å². The minimum absolute atomic E-state index is 0.242. The lowest BCUT2D eigenvalue weighted by molar-refractivity contribution is -0.359. The number of aliphatic hydroxyl groups is 8. The van der Waals surface area contributed by atoms with E-state index in [-0.39, 0.29) is 18.9 Å². The Bertz CT molecular complexity index is 1560. The molecule has 0 bridgehead atoms. The lowest BCUT2D eigenvalue weighted by atomic mass is 9.97. The van der Waals surface area contributed by atoms with Gasteiger partial charge in [0.2, 0.25) is 5.91 Å². The molecule has 14 nitrogen and oxygen atoms in total. The number of allylic oxidation sites excluding steroid dienone is 15. The molecule has 0 aromatic heterocycles. The van der Waals surface area contributed by atoms with E-state index in [1.54, 1.807) is 6.08 Å². The zero-order valence-electron chi connectivity index (χ0n) is 43.2. The highest BCUT2D eigenvalue weighted by Crippen LogP contribution is 2.30. The van der Waals surface area contributed by atoms with Gasteiger partial charge >= 0.3 is 0 Å². The van der Waals surface area contributed by atoms with Gasteiger partial charge in [0.15, 0.2) is 12.6 Å². The van der Waals surface area contributed by atoms with Gasteiger partial charge in [0.05, 0.1) is 32.0 Å². The van der Waals surface area contributed by atoms with Crippen LogP contribution in [0.3, 0.4) is 0 Å². The number of unbranched alkanes of at least 4 members (excludes halogenated alkanes) is 13. The fraction of sp³-hybridized carbons (Fsp3) is 0.702. The summed E-state index contributed by atoms with van der Waals surface area (Å²) < 4.78 is 22.7. The van der Waals surface area contributed by atoms with Gasteiger partial charge in [-0.15, -0.1) is 0 Å². The number of amides is 1. The second-order valence-electron chi connectivity index (χ2n) is 18.6. The summed E-state index contributed by atoms with van der Waals surface area (Å²) in [6, 6.07) is -0.954. The van der Waals surface area contributed by atoms with Crippen LogP contribution in [-0.2, 0) is 23.7 Å². The first-order valence-corrected chi connectivity index (χ1v) is 27.0. The SMILES string of the molecule is CC/C=C\C/C=C\C/C=C\C/C=C\C/C=C\CCCCCCCC(=O)NC(COC1OC(CO)C(OC2OC(CO)C(O)C(O)C2O)C(O)C1O)C(O)/C=C/CC/C=C/CC/C=C/CCCCCCCC. The Labute approximate surface area is 426 Å². The van der Waals surface area contributed by atoms with Gasteiger partial charge in [-0.05, 0) is 89.9 Å². The van der Waals surface area contributed by atoms with E-state index in [0.29, 0.717) is 12.8 Å². The summed E-state index contributed by atoms with van der Waals surface area (Å²) in [7, 11) is 0. The fourth-order valence-corrected chi connectivity index (χ4v) is 8.11. The third-order valence-corrected chi connectivity index (χ3v) is 12.5. The molecule has 0 radical (unpaired) electrons. The molecule has 0 saturated carbocycles. The van der Waals surface area contributed by atoms with Crippen molar-refractivity contribution in [2.75, 3.05) is 19.8 Å². The molecule has 12 unspecified atom stereocenters. The fourth-order valence-electron chi connectivity index (χ4n) is 8.11. The van der Waals surface area contributed by atoms with Crippen molar-refractivity contribution in [3.63, 3.8) is 0 Å². The number of carbonyl (C=O) groups is 1. The van der Waals surface area contributed by atoms with Gasteiger partial charge in [-0.1, -0.05) is 162 Å². The Kier molecular flexibility index (Phi) is 38.1. The smallest absolute Gasteiger partial charge is 0.220 e. The number of hydrogen-bond donors (Lipinski definition) is 9. The molecular formula is C57H95NO13. The van der Waals surface area contributed by atoms with Crippen LogP contribution in [0.2, 0.25) is 0 Å². The third kappa shape index (κ3) is 28.8. The van der Waals surface area contributed by atoms with Crippen molar-refractivity contribution in [2.45, 2.75) is 235 Å². The summed E-state index contributed by atoms with van der Waals surface area (Å²) in [6.45, 7) is 2.60. The molecule has 9 N–H and O–H groups in total. The predicted molar refractivity (Wildman–Crippen MR) is 281 cm³/mol. The van der Waals surface area contributed by atoms with Gasteiger partial charge in [-0.2, -0.15) is 0 Å². The number of rotatable bonds is 40. The Hall–Kier alpha value is -3.09. The van der Waals surface area contributed by atoms with Gasteiger partial charge in [-0.25, -0.2) is 0 Å².